The lowest BCUT2D eigenvalue weighted by Crippen LogP contribution is -2.36. The fraction of sp³-hybridized carbons (Fsp3) is 0.150. The number of fused-ring (bicyclic) bond motifs is 1. The van der Waals surface area contributed by atoms with Crippen LogP contribution in [0, 0.1) is 5.82 Å². The van der Waals surface area contributed by atoms with Crippen molar-refractivity contribution in [1.82, 2.24) is 0 Å². The molecule has 0 heterocycles. The normalized spacial score (nSPS) is 11.3. The van der Waals surface area contributed by atoms with Crippen LogP contribution in [0.4, 0.5) is 10.1 Å². The van der Waals surface area contributed by atoms with Crippen molar-refractivity contribution in [2.75, 3.05) is 17.5 Å². The average molecular weight is 387 g/mol. The Morgan fingerprint density at radius 1 is 1.00 bits per heavy atom. The summed E-state index contributed by atoms with van der Waals surface area (Å²) in [5.74, 6) is -1.19. The summed E-state index contributed by atoms with van der Waals surface area (Å²) >= 11 is 0. The van der Waals surface area contributed by atoms with Crippen molar-refractivity contribution in [2.24, 2.45) is 0 Å². The van der Waals surface area contributed by atoms with E-state index >= 15 is 0 Å². The molecule has 0 aliphatic rings. The lowest BCUT2D eigenvalue weighted by Gasteiger charge is -2.23. The van der Waals surface area contributed by atoms with E-state index in [9.17, 15) is 17.6 Å². The summed E-state index contributed by atoms with van der Waals surface area (Å²) in [5.41, 5.74) is 0.178. The van der Waals surface area contributed by atoms with Crippen molar-refractivity contribution >= 4 is 32.5 Å². The van der Waals surface area contributed by atoms with Gasteiger partial charge in [0.15, 0.2) is 0 Å². The molecule has 5 nitrogen and oxygen atoms in total. The smallest absolute Gasteiger partial charge is 0.326 e. The molecule has 0 N–H and O–H groups in total. The number of nitrogens with zero attached hydrogens (tertiary/aromatic N) is 1. The topological polar surface area (TPSA) is 63.7 Å². The van der Waals surface area contributed by atoms with Gasteiger partial charge in [-0.2, -0.15) is 0 Å². The van der Waals surface area contributed by atoms with E-state index in [4.69, 9.17) is 4.74 Å². The first kappa shape index (κ1) is 18.8. The highest BCUT2D eigenvalue weighted by Gasteiger charge is 2.28. The molecule has 3 aromatic rings. The monoisotopic (exact) mass is 387 g/mol. The molecule has 0 bridgehead atoms. The van der Waals surface area contributed by atoms with Crippen LogP contribution in [0.1, 0.15) is 6.92 Å². The summed E-state index contributed by atoms with van der Waals surface area (Å²) in [6, 6.07) is 17.0. The van der Waals surface area contributed by atoms with Crippen molar-refractivity contribution in [3.8, 4) is 0 Å². The molecule has 0 aliphatic carbocycles. The van der Waals surface area contributed by atoms with Gasteiger partial charge in [0.2, 0.25) is 0 Å². The number of ether oxygens (including phenoxy) is 1. The van der Waals surface area contributed by atoms with Crippen LogP contribution >= 0.6 is 0 Å². The Morgan fingerprint density at radius 3 is 2.33 bits per heavy atom. The van der Waals surface area contributed by atoms with Gasteiger partial charge in [-0.3, -0.25) is 9.10 Å². The van der Waals surface area contributed by atoms with E-state index in [0.717, 1.165) is 27.2 Å². The Bertz CT molecular complexity index is 1060. The molecule has 0 saturated carbocycles. The first-order valence-electron chi connectivity index (χ1n) is 8.34. The maximum absolute atomic E-state index is 13.3. The van der Waals surface area contributed by atoms with Crippen molar-refractivity contribution < 1.29 is 22.3 Å². The molecule has 0 amide bonds. The third-order valence-electron chi connectivity index (χ3n) is 4.00. The van der Waals surface area contributed by atoms with Crippen molar-refractivity contribution in [2.45, 2.75) is 11.8 Å². The third kappa shape index (κ3) is 4.09. The minimum absolute atomic E-state index is 0.0369. The van der Waals surface area contributed by atoms with E-state index in [2.05, 4.69) is 0 Å². The number of carbonyl (C=O) groups excluding carboxylic acids is 1. The van der Waals surface area contributed by atoms with Crippen LogP contribution in [-0.2, 0) is 19.6 Å². The quantitative estimate of drug-likeness (QED) is 0.605. The van der Waals surface area contributed by atoms with Gasteiger partial charge >= 0.3 is 5.97 Å². The van der Waals surface area contributed by atoms with E-state index in [1.807, 2.05) is 24.3 Å². The van der Waals surface area contributed by atoms with Crippen molar-refractivity contribution in [3.05, 3.63) is 72.5 Å². The molecule has 140 valence electrons. The molecule has 0 saturated heterocycles. The molecule has 0 radical (unpaired) electrons. The van der Waals surface area contributed by atoms with Gasteiger partial charge in [-0.25, -0.2) is 12.8 Å². The second-order valence-electron chi connectivity index (χ2n) is 5.80. The van der Waals surface area contributed by atoms with E-state index in [1.165, 1.54) is 18.2 Å². The lowest BCUT2D eigenvalue weighted by molar-refractivity contribution is -0.141. The summed E-state index contributed by atoms with van der Waals surface area (Å²) in [6.45, 7) is 1.26. The molecular weight excluding hydrogens is 369 g/mol. The highest BCUT2D eigenvalue weighted by atomic mass is 32.2. The van der Waals surface area contributed by atoms with E-state index in [0.29, 0.717) is 0 Å². The molecule has 0 spiro atoms. The first-order valence-corrected chi connectivity index (χ1v) is 9.78. The van der Waals surface area contributed by atoms with Gasteiger partial charge in [-0.05, 0) is 54.1 Å². The summed E-state index contributed by atoms with van der Waals surface area (Å²) < 4.78 is 45.5. The van der Waals surface area contributed by atoms with Gasteiger partial charge in [0, 0.05) is 0 Å². The number of rotatable bonds is 6. The first-order chi connectivity index (χ1) is 12.9. The zero-order chi connectivity index (χ0) is 19.4. The molecule has 7 heteroatoms. The standard InChI is InChI=1S/C20H18FNO4S/c1-2-26-20(23)14-22(18-10-8-17(21)9-11-18)27(24,25)19-12-7-15-5-3-4-6-16(15)13-19/h3-13H,2,14H2,1H3. The summed E-state index contributed by atoms with van der Waals surface area (Å²) in [6.07, 6.45) is 0. The summed E-state index contributed by atoms with van der Waals surface area (Å²) in [4.78, 5) is 12.0. The molecule has 3 aromatic carbocycles. The summed E-state index contributed by atoms with van der Waals surface area (Å²) in [7, 11) is -4.06. The van der Waals surface area contributed by atoms with Crippen LogP contribution < -0.4 is 4.31 Å². The fourth-order valence-corrected chi connectivity index (χ4v) is 4.15. The number of hydrogen-bond donors (Lipinski definition) is 0. The predicted molar refractivity (Wildman–Crippen MR) is 102 cm³/mol. The predicted octanol–water partition coefficient (Wildman–Crippen LogP) is 3.74. The molecule has 0 atom stereocenters. The van der Waals surface area contributed by atoms with Crippen LogP contribution in [-0.4, -0.2) is 27.5 Å². The van der Waals surface area contributed by atoms with Gasteiger partial charge in [-0.15, -0.1) is 0 Å². The lowest BCUT2D eigenvalue weighted by atomic mass is 10.1. The maximum atomic E-state index is 13.3. The van der Waals surface area contributed by atoms with Crippen molar-refractivity contribution in [1.29, 1.82) is 0 Å². The zero-order valence-electron chi connectivity index (χ0n) is 14.6. The second-order valence-corrected chi connectivity index (χ2v) is 7.66. The minimum Gasteiger partial charge on any atom is -0.465 e. The van der Waals surface area contributed by atoms with E-state index in [-0.39, 0.29) is 17.2 Å². The van der Waals surface area contributed by atoms with Gasteiger partial charge in [0.1, 0.15) is 12.4 Å². The molecular formula is C20H18FNO4S. The Kier molecular flexibility index (Phi) is 5.41. The largest absolute Gasteiger partial charge is 0.465 e. The van der Waals surface area contributed by atoms with E-state index in [1.54, 1.807) is 19.1 Å². The average Bonchev–Trinajstić information content (AvgIpc) is 2.66. The Morgan fingerprint density at radius 2 is 1.67 bits per heavy atom. The Labute approximate surface area is 157 Å². The number of esters is 1. The van der Waals surface area contributed by atoms with Gasteiger partial charge < -0.3 is 4.74 Å². The molecule has 0 aliphatic heterocycles. The maximum Gasteiger partial charge on any atom is 0.326 e. The number of carbonyl (C=O) groups is 1. The van der Waals surface area contributed by atoms with Crippen molar-refractivity contribution in [3.63, 3.8) is 0 Å². The number of hydrogen-bond acceptors (Lipinski definition) is 4. The van der Waals surface area contributed by atoms with Gasteiger partial charge in [-0.1, -0.05) is 30.3 Å². The SMILES string of the molecule is CCOC(=O)CN(c1ccc(F)cc1)S(=O)(=O)c1ccc2ccccc2c1. The minimum atomic E-state index is -4.06. The van der Waals surface area contributed by atoms with Crippen LogP contribution in [0.2, 0.25) is 0 Å². The fourth-order valence-electron chi connectivity index (χ4n) is 2.70. The van der Waals surface area contributed by atoms with Gasteiger partial charge in [0.25, 0.3) is 10.0 Å². The highest BCUT2D eigenvalue weighted by molar-refractivity contribution is 7.92. The third-order valence-corrected chi connectivity index (χ3v) is 5.77. The van der Waals surface area contributed by atoms with Gasteiger partial charge in [0.05, 0.1) is 17.2 Å². The Hall–Kier alpha value is -2.93. The molecule has 27 heavy (non-hydrogen) atoms. The Balaban J connectivity index is 2.07. The van der Waals surface area contributed by atoms with Crippen LogP contribution in [0.3, 0.4) is 0 Å². The molecule has 0 fully saturated rings. The number of anilines is 1. The molecule has 0 unspecified atom stereocenters. The van der Waals surface area contributed by atoms with E-state index < -0.39 is 28.4 Å². The van der Waals surface area contributed by atoms with Crippen LogP contribution in [0.25, 0.3) is 10.8 Å². The second kappa shape index (κ2) is 7.75. The highest BCUT2D eigenvalue weighted by Crippen LogP contribution is 2.26. The molecule has 0 aromatic heterocycles. The molecule has 3 rings (SSSR count). The number of halogens is 1. The summed E-state index contributed by atoms with van der Waals surface area (Å²) in [5, 5.41) is 1.66. The number of sulfonamides is 1. The van der Waals surface area contributed by atoms with Crippen LogP contribution in [0.5, 0.6) is 0 Å². The number of benzene rings is 3. The zero-order valence-corrected chi connectivity index (χ0v) is 15.4. The van der Waals surface area contributed by atoms with Crippen LogP contribution in [0.15, 0.2) is 71.6 Å².